The molecule has 1 saturated heterocycles. The maximum atomic E-state index is 13.1. The normalized spacial score (nSPS) is 20.1. The SMILES string of the molecule is O=C(N[C@@H]1CCOc2ccccc21)c1ccccc1S(=O)(=O)N1CCOCC1. The summed E-state index contributed by atoms with van der Waals surface area (Å²) in [5.74, 6) is 0.336. The maximum absolute atomic E-state index is 13.1. The van der Waals surface area contributed by atoms with Gasteiger partial charge in [0.25, 0.3) is 5.91 Å². The molecule has 0 radical (unpaired) electrons. The van der Waals surface area contributed by atoms with Gasteiger partial charge in [-0.25, -0.2) is 8.42 Å². The molecule has 148 valence electrons. The van der Waals surface area contributed by atoms with Crippen molar-refractivity contribution >= 4 is 15.9 Å². The maximum Gasteiger partial charge on any atom is 0.253 e. The van der Waals surface area contributed by atoms with Gasteiger partial charge in [0, 0.05) is 25.1 Å². The standard InChI is InChI=1S/C20H22N2O5S/c23-20(21-17-9-12-27-18-7-3-1-5-15(17)18)16-6-2-4-8-19(16)28(24,25)22-10-13-26-14-11-22/h1-8,17H,9-14H2,(H,21,23)/t17-/m1/s1. The topological polar surface area (TPSA) is 84.9 Å². The number of sulfonamides is 1. The number of carbonyl (C=O) groups excluding carboxylic acids is 1. The van der Waals surface area contributed by atoms with Crippen molar-refractivity contribution < 1.29 is 22.7 Å². The number of nitrogens with one attached hydrogen (secondary N) is 1. The predicted molar refractivity (Wildman–Crippen MR) is 103 cm³/mol. The highest BCUT2D eigenvalue weighted by Gasteiger charge is 2.31. The van der Waals surface area contributed by atoms with Crippen LogP contribution in [0.1, 0.15) is 28.4 Å². The van der Waals surface area contributed by atoms with Crippen molar-refractivity contribution in [2.24, 2.45) is 0 Å². The molecule has 2 aromatic rings. The zero-order valence-electron chi connectivity index (χ0n) is 15.3. The Bertz CT molecular complexity index is 970. The quantitative estimate of drug-likeness (QED) is 0.845. The predicted octanol–water partition coefficient (Wildman–Crippen LogP) is 1.96. The molecule has 0 saturated carbocycles. The van der Waals surface area contributed by atoms with Crippen LogP contribution in [0.25, 0.3) is 0 Å². The summed E-state index contributed by atoms with van der Waals surface area (Å²) in [6.07, 6.45) is 0.626. The average Bonchev–Trinajstić information content (AvgIpc) is 2.74. The third-order valence-electron chi connectivity index (χ3n) is 4.98. The van der Waals surface area contributed by atoms with E-state index in [1.165, 1.54) is 10.4 Å². The van der Waals surface area contributed by atoms with E-state index in [1.807, 2.05) is 24.3 Å². The van der Waals surface area contributed by atoms with Crippen molar-refractivity contribution in [3.63, 3.8) is 0 Å². The number of hydrogen-bond acceptors (Lipinski definition) is 5. The van der Waals surface area contributed by atoms with Gasteiger partial charge in [-0.3, -0.25) is 4.79 Å². The first-order valence-corrected chi connectivity index (χ1v) is 10.7. The summed E-state index contributed by atoms with van der Waals surface area (Å²) in [4.78, 5) is 13.0. The van der Waals surface area contributed by atoms with E-state index in [0.717, 1.165) is 11.3 Å². The number of benzene rings is 2. The Kier molecular flexibility index (Phi) is 5.34. The van der Waals surface area contributed by atoms with Crippen LogP contribution in [0.4, 0.5) is 0 Å². The minimum absolute atomic E-state index is 0.0229. The molecule has 1 N–H and O–H groups in total. The molecule has 1 fully saturated rings. The zero-order chi connectivity index (χ0) is 19.6. The van der Waals surface area contributed by atoms with E-state index in [0.29, 0.717) is 26.2 Å². The molecule has 0 bridgehead atoms. The minimum atomic E-state index is -3.77. The van der Waals surface area contributed by atoms with Crippen LogP contribution in [-0.4, -0.2) is 51.5 Å². The Labute approximate surface area is 164 Å². The first-order chi connectivity index (χ1) is 13.6. The zero-order valence-corrected chi connectivity index (χ0v) is 16.2. The third-order valence-corrected chi connectivity index (χ3v) is 6.94. The van der Waals surface area contributed by atoms with Gasteiger partial charge in [-0.15, -0.1) is 0 Å². The number of para-hydroxylation sites is 1. The largest absolute Gasteiger partial charge is 0.493 e. The van der Waals surface area contributed by atoms with Crippen molar-refractivity contribution in [1.29, 1.82) is 0 Å². The summed E-state index contributed by atoms with van der Waals surface area (Å²) < 4.78 is 38.4. The second kappa shape index (κ2) is 7.90. The van der Waals surface area contributed by atoms with Gasteiger partial charge in [0.15, 0.2) is 0 Å². The highest BCUT2D eigenvalue weighted by atomic mass is 32.2. The molecule has 28 heavy (non-hydrogen) atoms. The number of nitrogens with zero attached hydrogens (tertiary/aromatic N) is 1. The lowest BCUT2D eigenvalue weighted by Gasteiger charge is -2.28. The van der Waals surface area contributed by atoms with Crippen LogP contribution in [0.5, 0.6) is 5.75 Å². The van der Waals surface area contributed by atoms with E-state index < -0.39 is 15.9 Å². The molecule has 0 aliphatic carbocycles. The van der Waals surface area contributed by atoms with Crippen LogP contribution < -0.4 is 10.1 Å². The van der Waals surface area contributed by atoms with Crippen molar-refractivity contribution in [2.45, 2.75) is 17.4 Å². The molecule has 2 aliphatic heterocycles. The number of rotatable bonds is 4. The van der Waals surface area contributed by atoms with Crippen LogP contribution in [0.3, 0.4) is 0 Å². The number of amides is 1. The molecule has 1 atom stereocenters. The van der Waals surface area contributed by atoms with Crippen LogP contribution in [0.2, 0.25) is 0 Å². The molecule has 4 rings (SSSR count). The molecule has 7 nitrogen and oxygen atoms in total. The lowest BCUT2D eigenvalue weighted by atomic mass is 10.00. The van der Waals surface area contributed by atoms with Crippen molar-refractivity contribution in [2.75, 3.05) is 32.9 Å². The van der Waals surface area contributed by atoms with Gasteiger partial charge >= 0.3 is 0 Å². The first kappa shape index (κ1) is 18.9. The molecule has 1 amide bonds. The van der Waals surface area contributed by atoms with Gasteiger partial charge < -0.3 is 14.8 Å². The lowest BCUT2D eigenvalue weighted by molar-refractivity contribution is 0.0729. The van der Waals surface area contributed by atoms with Crippen LogP contribution in [-0.2, 0) is 14.8 Å². The summed E-state index contributed by atoms with van der Waals surface area (Å²) in [7, 11) is -3.77. The highest BCUT2D eigenvalue weighted by Crippen LogP contribution is 2.32. The number of carbonyl (C=O) groups is 1. The number of fused-ring (bicyclic) bond motifs is 1. The molecule has 8 heteroatoms. The minimum Gasteiger partial charge on any atom is -0.493 e. The Morgan fingerprint density at radius 2 is 1.71 bits per heavy atom. The van der Waals surface area contributed by atoms with E-state index in [4.69, 9.17) is 9.47 Å². The monoisotopic (exact) mass is 402 g/mol. The Hall–Kier alpha value is -2.42. The van der Waals surface area contributed by atoms with Gasteiger partial charge in [0.05, 0.1) is 36.3 Å². The third kappa shape index (κ3) is 3.63. The van der Waals surface area contributed by atoms with Gasteiger partial charge in [-0.2, -0.15) is 4.31 Å². The molecular formula is C20H22N2O5S. The van der Waals surface area contributed by atoms with Gasteiger partial charge in [-0.1, -0.05) is 30.3 Å². The highest BCUT2D eigenvalue weighted by molar-refractivity contribution is 7.89. The number of morpholine rings is 1. The Balaban J connectivity index is 1.61. The molecule has 0 spiro atoms. The fraction of sp³-hybridized carbons (Fsp3) is 0.350. The van der Waals surface area contributed by atoms with E-state index >= 15 is 0 Å². The summed E-state index contributed by atoms with van der Waals surface area (Å²) >= 11 is 0. The molecule has 2 aromatic carbocycles. The summed E-state index contributed by atoms with van der Waals surface area (Å²) in [5, 5.41) is 2.98. The van der Waals surface area contributed by atoms with Crippen LogP contribution in [0, 0.1) is 0 Å². The Morgan fingerprint density at radius 3 is 2.54 bits per heavy atom. The fourth-order valence-corrected chi connectivity index (χ4v) is 5.13. The molecule has 2 aliphatic rings. The van der Waals surface area contributed by atoms with E-state index in [-0.39, 0.29) is 29.6 Å². The smallest absolute Gasteiger partial charge is 0.253 e. The molecule has 2 heterocycles. The van der Waals surface area contributed by atoms with Crippen molar-refractivity contribution in [3.8, 4) is 5.75 Å². The van der Waals surface area contributed by atoms with Crippen molar-refractivity contribution in [3.05, 3.63) is 59.7 Å². The average molecular weight is 402 g/mol. The summed E-state index contributed by atoms with van der Waals surface area (Å²) in [5.41, 5.74) is 1.05. The second-order valence-corrected chi connectivity index (χ2v) is 8.62. The van der Waals surface area contributed by atoms with Gasteiger partial charge in [-0.05, 0) is 18.2 Å². The Morgan fingerprint density at radius 1 is 1.00 bits per heavy atom. The lowest BCUT2D eigenvalue weighted by Crippen LogP contribution is -2.41. The molecule has 0 aromatic heterocycles. The van der Waals surface area contributed by atoms with Gasteiger partial charge in [0.1, 0.15) is 5.75 Å². The number of ether oxygens (including phenoxy) is 2. The van der Waals surface area contributed by atoms with Crippen LogP contribution >= 0.6 is 0 Å². The van der Waals surface area contributed by atoms with Gasteiger partial charge in [0.2, 0.25) is 10.0 Å². The van der Waals surface area contributed by atoms with Crippen LogP contribution in [0.15, 0.2) is 53.4 Å². The second-order valence-electron chi connectivity index (χ2n) is 6.71. The molecule has 0 unspecified atom stereocenters. The first-order valence-electron chi connectivity index (χ1n) is 9.27. The fourth-order valence-electron chi connectivity index (χ4n) is 3.53. The van der Waals surface area contributed by atoms with E-state index in [1.54, 1.807) is 18.2 Å². The molecular weight excluding hydrogens is 380 g/mol. The number of hydrogen-bond donors (Lipinski definition) is 1. The van der Waals surface area contributed by atoms with E-state index in [9.17, 15) is 13.2 Å². The van der Waals surface area contributed by atoms with Crippen molar-refractivity contribution in [1.82, 2.24) is 9.62 Å². The summed E-state index contributed by atoms with van der Waals surface area (Å²) in [6.45, 7) is 1.77. The summed E-state index contributed by atoms with van der Waals surface area (Å²) in [6, 6.07) is 13.7. The van der Waals surface area contributed by atoms with E-state index in [2.05, 4.69) is 5.32 Å².